The van der Waals surface area contributed by atoms with Gasteiger partial charge in [-0.3, -0.25) is 0 Å². The number of aryl methyl sites for hydroxylation is 2. The van der Waals surface area contributed by atoms with Crippen LogP contribution in [0.25, 0.3) is 0 Å². The van der Waals surface area contributed by atoms with E-state index in [-0.39, 0.29) is 0 Å². The summed E-state index contributed by atoms with van der Waals surface area (Å²) in [6, 6.07) is 4.09. The molecule has 0 heterocycles. The Hall–Kier alpha value is -0.820. The van der Waals surface area contributed by atoms with Crippen LogP contribution in [-0.4, -0.2) is 5.11 Å². The van der Waals surface area contributed by atoms with Gasteiger partial charge in [0.15, 0.2) is 0 Å². The van der Waals surface area contributed by atoms with Crippen LogP contribution in [0, 0.1) is 27.4 Å². The van der Waals surface area contributed by atoms with Crippen LogP contribution in [0.3, 0.4) is 0 Å². The van der Waals surface area contributed by atoms with Crippen LogP contribution in [0.2, 0.25) is 0 Å². The van der Waals surface area contributed by atoms with Crippen molar-refractivity contribution < 1.29 is 5.11 Å². The van der Waals surface area contributed by atoms with Crippen molar-refractivity contribution in [2.45, 2.75) is 20.8 Å². The summed E-state index contributed by atoms with van der Waals surface area (Å²) in [5.74, 6) is 0. The maximum atomic E-state index is 8.84. The molecule has 0 aromatic heterocycles. The van der Waals surface area contributed by atoms with Crippen molar-refractivity contribution in [2.75, 3.05) is 0 Å². The highest BCUT2D eigenvalue weighted by molar-refractivity contribution is 5.39. The first kappa shape index (κ1) is 8.28. The fourth-order valence-corrected chi connectivity index (χ4v) is 1.21. The zero-order valence-corrected chi connectivity index (χ0v) is 7.18. The molecular formula is C10H13O. The van der Waals surface area contributed by atoms with E-state index in [0.717, 1.165) is 17.7 Å². The van der Waals surface area contributed by atoms with Gasteiger partial charge in [0.1, 0.15) is 6.61 Å². The second-order valence-electron chi connectivity index (χ2n) is 2.93. The molecule has 0 unspecified atom stereocenters. The van der Waals surface area contributed by atoms with Crippen molar-refractivity contribution in [2.24, 2.45) is 0 Å². The Morgan fingerprint density at radius 1 is 1.18 bits per heavy atom. The van der Waals surface area contributed by atoms with Crippen molar-refractivity contribution in [1.82, 2.24) is 0 Å². The second kappa shape index (κ2) is 3.05. The Balaban J connectivity index is 3.24. The van der Waals surface area contributed by atoms with Gasteiger partial charge >= 0.3 is 0 Å². The summed E-state index contributed by atoms with van der Waals surface area (Å²) in [5, 5.41) is 8.84. The predicted octanol–water partition coefficient (Wildman–Crippen LogP) is 2.49. The summed E-state index contributed by atoms with van der Waals surface area (Å²) < 4.78 is 0. The van der Waals surface area contributed by atoms with E-state index in [2.05, 4.69) is 13.0 Å². The maximum absolute atomic E-state index is 8.84. The molecule has 1 nitrogen and oxygen atoms in total. The second-order valence-corrected chi connectivity index (χ2v) is 2.93. The number of aliphatic hydroxyl groups is 1. The number of rotatable bonds is 1. The molecule has 0 aliphatic carbocycles. The number of benzene rings is 1. The van der Waals surface area contributed by atoms with Crippen LogP contribution in [0.5, 0.6) is 0 Å². The maximum Gasteiger partial charge on any atom is 0.109 e. The quantitative estimate of drug-likeness (QED) is 0.650. The van der Waals surface area contributed by atoms with Gasteiger partial charge in [-0.15, -0.1) is 0 Å². The molecule has 0 saturated heterocycles. The number of aliphatic hydroxyl groups excluding tert-OH is 1. The van der Waals surface area contributed by atoms with Gasteiger partial charge in [-0.2, -0.15) is 0 Å². The molecule has 1 N–H and O–H groups in total. The van der Waals surface area contributed by atoms with Crippen molar-refractivity contribution in [3.8, 4) is 0 Å². The van der Waals surface area contributed by atoms with Crippen molar-refractivity contribution in [3.63, 3.8) is 0 Å². The third kappa shape index (κ3) is 1.60. The minimum atomic E-state index is 0.919. The Labute approximate surface area is 67.7 Å². The minimum Gasteiger partial charge on any atom is -0.385 e. The van der Waals surface area contributed by atoms with E-state index in [1.807, 2.05) is 19.9 Å². The molecule has 0 aliphatic rings. The number of hydrogen-bond donors (Lipinski definition) is 1. The average Bonchev–Trinajstić information content (AvgIpc) is 1.96. The van der Waals surface area contributed by atoms with Gasteiger partial charge in [0, 0.05) is 0 Å². The highest BCUT2D eigenvalue weighted by atomic mass is 16.3. The van der Waals surface area contributed by atoms with Crippen LogP contribution < -0.4 is 0 Å². The van der Waals surface area contributed by atoms with E-state index in [9.17, 15) is 0 Å². The van der Waals surface area contributed by atoms with E-state index in [0.29, 0.717) is 0 Å². The smallest absolute Gasteiger partial charge is 0.109 e. The lowest BCUT2D eigenvalue weighted by Crippen LogP contribution is -1.91. The molecule has 11 heavy (non-hydrogen) atoms. The molecular weight excluding hydrogens is 136 g/mol. The van der Waals surface area contributed by atoms with Gasteiger partial charge in [0.25, 0.3) is 0 Å². The standard InChI is InChI=1S/C10H13O/c1-7-4-8(2)9(3)10(5-7)6-11/h4-6,11H,1-3H3. The molecule has 1 radical (unpaired) electrons. The first-order valence-corrected chi connectivity index (χ1v) is 3.70. The molecule has 1 rings (SSSR count). The van der Waals surface area contributed by atoms with Gasteiger partial charge < -0.3 is 5.11 Å². The first-order chi connectivity index (χ1) is 5.15. The van der Waals surface area contributed by atoms with Gasteiger partial charge in [-0.05, 0) is 37.5 Å². The fourth-order valence-electron chi connectivity index (χ4n) is 1.21. The van der Waals surface area contributed by atoms with Crippen molar-refractivity contribution in [3.05, 3.63) is 41.0 Å². The van der Waals surface area contributed by atoms with Gasteiger partial charge in [0.2, 0.25) is 0 Å². The Bertz CT molecular complexity index is 264. The monoisotopic (exact) mass is 149 g/mol. The van der Waals surface area contributed by atoms with Gasteiger partial charge in [0.05, 0.1) is 0 Å². The third-order valence-corrected chi connectivity index (χ3v) is 1.99. The molecule has 0 bridgehead atoms. The van der Waals surface area contributed by atoms with E-state index in [1.54, 1.807) is 0 Å². The van der Waals surface area contributed by atoms with Crippen molar-refractivity contribution in [1.29, 1.82) is 0 Å². The molecule has 0 saturated carbocycles. The van der Waals surface area contributed by atoms with Crippen LogP contribution in [-0.2, 0) is 0 Å². The summed E-state index contributed by atoms with van der Waals surface area (Å²) >= 11 is 0. The van der Waals surface area contributed by atoms with Crippen LogP contribution in [0.1, 0.15) is 22.3 Å². The molecule has 0 atom stereocenters. The van der Waals surface area contributed by atoms with Gasteiger partial charge in [-0.25, -0.2) is 0 Å². The van der Waals surface area contributed by atoms with E-state index >= 15 is 0 Å². The zero-order valence-electron chi connectivity index (χ0n) is 7.18. The summed E-state index contributed by atoms with van der Waals surface area (Å²) in [4.78, 5) is 0. The molecule has 1 aromatic rings. The topological polar surface area (TPSA) is 20.2 Å². The lowest BCUT2D eigenvalue weighted by molar-refractivity contribution is 0.414. The molecule has 59 valence electrons. The Kier molecular flexibility index (Phi) is 2.30. The molecule has 0 aliphatic heterocycles. The summed E-state index contributed by atoms with van der Waals surface area (Å²) in [7, 11) is 0. The normalized spacial score (nSPS) is 10.2. The molecule has 0 spiro atoms. The van der Waals surface area contributed by atoms with Crippen molar-refractivity contribution >= 4 is 0 Å². The van der Waals surface area contributed by atoms with Crippen LogP contribution >= 0.6 is 0 Å². The van der Waals surface area contributed by atoms with Gasteiger partial charge in [-0.1, -0.05) is 17.7 Å². The van der Waals surface area contributed by atoms with E-state index in [4.69, 9.17) is 5.11 Å². The molecule has 0 fully saturated rings. The minimum absolute atomic E-state index is 0.919. The fraction of sp³-hybridized carbons (Fsp3) is 0.300. The molecule has 0 amide bonds. The van der Waals surface area contributed by atoms with E-state index < -0.39 is 0 Å². The Morgan fingerprint density at radius 3 is 2.36 bits per heavy atom. The summed E-state index contributed by atoms with van der Waals surface area (Å²) in [5.41, 5.74) is 4.49. The lowest BCUT2D eigenvalue weighted by atomic mass is 10.0. The first-order valence-electron chi connectivity index (χ1n) is 3.70. The van der Waals surface area contributed by atoms with E-state index in [1.165, 1.54) is 11.1 Å². The SMILES string of the molecule is Cc1cc(C)c(C)c([CH]O)c1. The van der Waals surface area contributed by atoms with Crippen LogP contribution in [0.15, 0.2) is 12.1 Å². The highest BCUT2D eigenvalue weighted by Gasteiger charge is 2.00. The zero-order chi connectivity index (χ0) is 8.43. The Morgan fingerprint density at radius 2 is 1.82 bits per heavy atom. The number of hydrogen-bond acceptors (Lipinski definition) is 1. The lowest BCUT2D eigenvalue weighted by Gasteiger charge is -2.06. The summed E-state index contributed by atoms with van der Waals surface area (Å²) in [6.45, 7) is 7.25. The predicted molar refractivity (Wildman–Crippen MR) is 46.0 cm³/mol. The average molecular weight is 149 g/mol. The largest absolute Gasteiger partial charge is 0.385 e. The highest BCUT2D eigenvalue weighted by Crippen LogP contribution is 2.16. The third-order valence-electron chi connectivity index (χ3n) is 1.99. The molecule has 1 heteroatoms. The summed E-state index contributed by atoms with van der Waals surface area (Å²) in [6.07, 6.45) is 0. The molecule has 1 aromatic carbocycles. The van der Waals surface area contributed by atoms with Crippen LogP contribution in [0.4, 0.5) is 0 Å².